The maximum atomic E-state index is 12.6. The van der Waals surface area contributed by atoms with E-state index in [1.54, 1.807) is 0 Å². The summed E-state index contributed by atoms with van der Waals surface area (Å²) in [5, 5.41) is 13.2. The number of hydrogen-bond acceptors (Lipinski definition) is 3. The molecule has 0 saturated carbocycles. The third-order valence-electron chi connectivity index (χ3n) is 2.95. The molecule has 2 rings (SSSR count). The topological polar surface area (TPSA) is 50.9 Å². The van der Waals surface area contributed by atoms with Crippen LogP contribution in [0.4, 0.5) is 13.2 Å². The fourth-order valence-electron chi connectivity index (χ4n) is 2.04. The zero-order valence-corrected chi connectivity index (χ0v) is 12.1. The van der Waals surface area contributed by atoms with Crippen LogP contribution in [-0.4, -0.2) is 19.9 Å². The zero-order chi connectivity index (χ0) is 15.8. The first kappa shape index (κ1) is 15.8. The van der Waals surface area contributed by atoms with Gasteiger partial charge in [0, 0.05) is 11.8 Å². The highest BCUT2D eigenvalue weighted by Gasteiger charge is 2.32. The van der Waals surface area contributed by atoms with Crippen LogP contribution in [0.2, 0.25) is 5.02 Å². The van der Waals surface area contributed by atoms with Gasteiger partial charge in [0.2, 0.25) is 0 Å². The molecule has 0 amide bonds. The summed E-state index contributed by atoms with van der Waals surface area (Å²) in [5.41, 5.74) is 0.325. The number of aliphatic hydroxyl groups is 1. The third kappa shape index (κ3) is 3.03. The minimum absolute atomic E-state index is 0.00481. The Balaban J connectivity index is 2.56. The van der Waals surface area contributed by atoms with E-state index in [1.165, 1.54) is 10.9 Å². The third-order valence-corrected chi connectivity index (χ3v) is 3.23. The molecule has 0 fully saturated rings. The van der Waals surface area contributed by atoms with Crippen molar-refractivity contribution in [2.45, 2.75) is 32.5 Å². The van der Waals surface area contributed by atoms with Crippen molar-refractivity contribution in [1.82, 2.24) is 14.8 Å². The number of alkyl halides is 3. The van der Waals surface area contributed by atoms with Gasteiger partial charge in [0.25, 0.3) is 0 Å². The molecule has 2 aromatic rings. The number of pyridine rings is 1. The van der Waals surface area contributed by atoms with Crippen molar-refractivity contribution in [3.63, 3.8) is 0 Å². The van der Waals surface area contributed by atoms with Gasteiger partial charge in [-0.1, -0.05) is 25.4 Å². The van der Waals surface area contributed by atoms with Gasteiger partial charge in [-0.15, -0.1) is 0 Å². The summed E-state index contributed by atoms with van der Waals surface area (Å²) in [7, 11) is 0. The van der Waals surface area contributed by atoms with Crippen molar-refractivity contribution >= 4 is 11.6 Å². The van der Waals surface area contributed by atoms with Crippen LogP contribution in [0.1, 0.15) is 36.6 Å². The summed E-state index contributed by atoms with van der Waals surface area (Å²) in [5.74, 6) is 0.0999. The molecule has 2 aromatic heterocycles. The monoisotopic (exact) mass is 319 g/mol. The van der Waals surface area contributed by atoms with Crippen LogP contribution in [0.3, 0.4) is 0 Å². The van der Waals surface area contributed by atoms with Crippen LogP contribution in [-0.2, 0) is 12.8 Å². The first-order chi connectivity index (χ1) is 9.75. The Bertz CT molecular complexity index is 653. The summed E-state index contributed by atoms with van der Waals surface area (Å²) in [6, 6.07) is 0.814. The molecule has 8 heteroatoms. The first-order valence-corrected chi connectivity index (χ1v) is 6.54. The van der Waals surface area contributed by atoms with E-state index in [4.69, 9.17) is 11.6 Å². The molecule has 0 aliphatic carbocycles. The molecule has 0 bridgehead atoms. The van der Waals surface area contributed by atoms with E-state index in [0.717, 1.165) is 6.07 Å². The predicted molar refractivity (Wildman–Crippen MR) is 71.4 cm³/mol. The van der Waals surface area contributed by atoms with E-state index in [0.29, 0.717) is 17.5 Å². The van der Waals surface area contributed by atoms with E-state index < -0.39 is 11.7 Å². The quantitative estimate of drug-likeness (QED) is 0.941. The Morgan fingerprint density at radius 1 is 1.33 bits per heavy atom. The molecule has 4 nitrogen and oxygen atoms in total. The van der Waals surface area contributed by atoms with Gasteiger partial charge in [0.15, 0.2) is 5.82 Å². The van der Waals surface area contributed by atoms with E-state index in [9.17, 15) is 18.3 Å². The van der Waals surface area contributed by atoms with Gasteiger partial charge < -0.3 is 5.11 Å². The lowest BCUT2D eigenvalue weighted by Gasteiger charge is -2.14. The van der Waals surface area contributed by atoms with Crippen LogP contribution >= 0.6 is 11.6 Å². The zero-order valence-electron chi connectivity index (χ0n) is 11.3. The highest BCUT2D eigenvalue weighted by Crippen LogP contribution is 2.33. The molecule has 2 heterocycles. The average Bonchev–Trinajstić information content (AvgIpc) is 2.81. The Kier molecular flexibility index (Phi) is 4.25. The molecule has 0 aliphatic heterocycles. The van der Waals surface area contributed by atoms with Gasteiger partial charge in [-0.25, -0.2) is 9.67 Å². The van der Waals surface area contributed by atoms with Gasteiger partial charge in [-0.2, -0.15) is 18.3 Å². The lowest BCUT2D eigenvalue weighted by Crippen LogP contribution is -2.11. The lowest BCUT2D eigenvalue weighted by atomic mass is 10.1. The minimum Gasteiger partial charge on any atom is -0.392 e. The van der Waals surface area contributed by atoms with Crippen molar-refractivity contribution in [2.75, 3.05) is 0 Å². The first-order valence-electron chi connectivity index (χ1n) is 6.16. The molecular formula is C13H13ClF3N3O. The van der Waals surface area contributed by atoms with Crippen LogP contribution < -0.4 is 0 Å². The summed E-state index contributed by atoms with van der Waals surface area (Å²) < 4.78 is 39.2. The summed E-state index contributed by atoms with van der Waals surface area (Å²) in [4.78, 5) is 3.77. The molecule has 0 spiro atoms. The van der Waals surface area contributed by atoms with Crippen molar-refractivity contribution in [3.8, 4) is 5.82 Å². The van der Waals surface area contributed by atoms with Crippen LogP contribution in [0.25, 0.3) is 5.82 Å². The molecule has 0 aromatic carbocycles. The Hall–Kier alpha value is -1.60. The van der Waals surface area contributed by atoms with E-state index in [2.05, 4.69) is 10.1 Å². The normalized spacial score (nSPS) is 12.2. The second-order valence-corrected chi connectivity index (χ2v) is 5.21. The van der Waals surface area contributed by atoms with Crippen molar-refractivity contribution in [1.29, 1.82) is 0 Å². The van der Waals surface area contributed by atoms with Crippen LogP contribution in [0.5, 0.6) is 0 Å². The maximum absolute atomic E-state index is 12.6. The van der Waals surface area contributed by atoms with Crippen molar-refractivity contribution in [3.05, 3.63) is 40.3 Å². The second-order valence-electron chi connectivity index (χ2n) is 4.81. The largest absolute Gasteiger partial charge is 0.417 e. The molecule has 0 atom stereocenters. The van der Waals surface area contributed by atoms with E-state index in [-0.39, 0.29) is 23.4 Å². The molecule has 21 heavy (non-hydrogen) atoms. The minimum atomic E-state index is -4.50. The summed E-state index contributed by atoms with van der Waals surface area (Å²) in [6.45, 7) is 3.54. The Morgan fingerprint density at radius 2 is 2.00 bits per heavy atom. The number of aromatic nitrogens is 3. The van der Waals surface area contributed by atoms with Gasteiger partial charge in [0.1, 0.15) is 0 Å². The Morgan fingerprint density at radius 3 is 2.48 bits per heavy atom. The smallest absolute Gasteiger partial charge is 0.392 e. The Labute approximate surface area is 124 Å². The highest BCUT2D eigenvalue weighted by molar-refractivity contribution is 6.32. The van der Waals surface area contributed by atoms with Gasteiger partial charge >= 0.3 is 6.18 Å². The molecular weight excluding hydrogens is 307 g/mol. The summed E-state index contributed by atoms with van der Waals surface area (Å²) in [6.07, 6.45) is -2.34. The van der Waals surface area contributed by atoms with E-state index in [1.807, 2.05) is 13.8 Å². The van der Waals surface area contributed by atoms with Gasteiger partial charge in [-0.3, -0.25) is 0 Å². The second kappa shape index (κ2) is 5.65. The standard InChI is InChI=1S/C13H13ClF3N3O/c1-7(2)11-8(6-21)4-19-20(11)12-10(14)3-9(5-18-12)13(15,16)17/h3-5,7,21H,6H2,1-2H3. The fraction of sp³-hybridized carbons (Fsp3) is 0.385. The fourth-order valence-corrected chi connectivity index (χ4v) is 2.29. The highest BCUT2D eigenvalue weighted by atomic mass is 35.5. The average molecular weight is 320 g/mol. The maximum Gasteiger partial charge on any atom is 0.417 e. The number of hydrogen-bond donors (Lipinski definition) is 1. The molecule has 0 aliphatic rings. The van der Waals surface area contributed by atoms with Gasteiger partial charge in [-0.05, 0) is 12.0 Å². The predicted octanol–water partition coefficient (Wildman–Crippen LogP) is 3.56. The van der Waals surface area contributed by atoms with Crippen LogP contribution in [0.15, 0.2) is 18.5 Å². The molecule has 114 valence electrons. The number of halogens is 4. The van der Waals surface area contributed by atoms with E-state index >= 15 is 0 Å². The van der Waals surface area contributed by atoms with Crippen molar-refractivity contribution in [2.24, 2.45) is 0 Å². The number of rotatable bonds is 3. The molecule has 0 radical (unpaired) electrons. The van der Waals surface area contributed by atoms with Crippen LogP contribution in [0, 0.1) is 0 Å². The lowest BCUT2D eigenvalue weighted by molar-refractivity contribution is -0.137. The molecule has 0 unspecified atom stereocenters. The number of nitrogens with zero attached hydrogens (tertiary/aromatic N) is 3. The van der Waals surface area contributed by atoms with Crippen molar-refractivity contribution < 1.29 is 18.3 Å². The summed E-state index contributed by atoms with van der Waals surface area (Å²) >= 11 is 5.91. The SMILES string of the molecule is CC(C)c1c(CO)cnn1-c1ncc(C(F)(F)F)cc1Cl. The van der Waals surface area contributed by atoms with Gasteiger partial charge in [0.05, 0.1) is 29.1 Å². The molecule has 1 N–H and O–H groups in total. The molecule has 0 saturated heterocycles. The number of aliphatic hydroxyl groups excluding tert-OH is 1.